The minimum Gasteiger partial charge on any atom is -0.327 e. The van der Waals surface area contributed by atoms with Crippen molar-refractivity contribution in [2.24, 2.45) is 0 Å². The second-order valence-corrected chi connectivity index (χ2v) is 7.18. The quantitative estimate of drug-likeness (QED) is 0.514. The largest absolute Gasteiger partial charge is 0.327 e. The Labute approximate surface area is 153 Å². The van der Waals surface area contributed by atoms with Gasteiger partial charge >= 0.3 is 0 Å². The van der Waals surface area contributed by atoms with E-state index in [2.05, 4.69) is 35.2 Å². The molecule has 1 saturated heterocycles. The highest BCUT2D eigenvalue weighted by Gasteiger charge is 2.21. The van der Waals surface area contributed by atoms with Crippen molar-refractivity contribution >= 4 is 28.0 Å². The summed E-state index contributed by atoms with van der Waals surface area (Å²) in [6.45, 7) is 2.10. The van der Waals surface area contributed by atoms with Crippen molar-refractivity contribution in [3.05, 3.63) is 42.7 Å². The Kier molecular flexibility index (Phi) is 3.87. The Morgan fingerprint density at radius 2 is 2.23 bits per heavy atom. The number of imidazole rings is 1. The lowest BCUT2D eigenvalue weighted by atomic mass is 9.94. The van der Waals surface area contributed by atoms with Crippen LogP contribution in [0.1, 0.15) is 24.3 Å². The fraction of sp³-hybridized carbons (Fsp3) is 0.294. The van der Waals surface area contributed by atoms with Gasteiger partial charge < -0.3 is 10.6 Å². The Bertz CT molecular complexity index is 1010. The van der Waals surface area contributed by atoms with Crippen molar-refractivity contribution < 1.29 is 0 Å². The smallest absolute Gasteiger partial charge is 0.180 e. The topological polar surface area (TPSA) is 95.8 Å². The van der Waals surface area contributed by atoms with Gasteiger partial charge in [0.1, 0.15) is 5.00 Å². The molecule has 0 spiro atoms. The van der Waals surface area contributed by atoms with Crippen LogP contribution in [0.15, 0.2) is 37.2 Å². The number of aromatic nitrogens is 6. The molecule has 0 amide bonds. The fourth-order valence-electron chi connectivity index (χ4n) is 3.47. The number of H-pyrrole nitrogens is 1. The van der Waals surface area contributed by atoms with Crippen molar-refractivity contribution in [3.63, 3.8) is 0 Å². The first kappa shape index (κ1) is 15.5. The number of hydrogen-bond donors (Lipinski definition) is 3. The first-order chi connectivity index (χ1) is 12.9. The predicted octanol–water partition coefficient (Wildman–Crippen LogP) is 2.79. The molecule has 1 aliphatic heterocycles. The van der Waals surface area contributed by atoms with Crippen LogP contribution in [-0.4, -0.2) is 42.0 Å². The first-order valence-electron chi connectivity index (χ1n) is 8.63. The number of fused-ring (bicyclic) bond motifs is 1. The Hall–Kier alpha value is -2.78. The van der Waals surface area contributed by atoms with Crippen LogP contribution in [-0.2, 0) is 0 Å². The van der Waals surface area contributed by atoms with E-state index in [0.717, 1.165) is 40.8 Å². The number of nitrogens with one attached hydrogen (secondary N) is 3. The Balaban J connectivity index is 1.50. The zero-order valence-corrected chi connectivity index (χ0v) is 14.8. The monoisotopic (exact) mass is 366 g/mol. The van der Waals surface area contributed by atoms with Gasteiger partial charge in [-0.3, -0.25) is 9.50 Å². The molecular formula is C17H18N8S. The second kappa shape index (κ2) is 6.50. The summed E-state index contributed by atoms with van der Waals surface area (Å²) in [6, 6.07) is 0. The maximum atomic E-state index is 4.57. The molecule has 4 aromatic rings. The molecule has 5 rings (SSSR count). The van der Waals surface area contributed by atoms with Crippen molar-refractivity contribution in [1.82, 2.24) is 34.3 Å². The molecule has 5 heterocycles. The van der Waals surface area contributed by atoms with Crippen molar-refractivity contribution in [2.75, 3.05) is 18.4 Å². The first-order valence-corrected chi connectivity index (χ1v) is 9.41. The van der Waals surface area contributed by atoms with Crippen LogP contribution in [0.5, 0.6) is 0 Å². The van der Waals surface area contributed by atoms with Gasteiger partial charge in [-0.25, -0.2) is 9.97 Å². The van der Waals surface area contributed by atoms with E-state index >= 15 is 0 Å². The van der Waals surface area contributed by atoms with E-state index < -0.39 is 0 Å². The summed E-state index contributed by atoms with van der Waals surface area (Å²) in [7, 11) is 0. The van der Waals surface area contributed by atoms with Crippen LogP contribution in [0.3, 0.4) is 0 Å². The van der Waals surface area contributed by atoms with E-state index in [1.165, 1.54) is 29.9 Å². The normalized spacial score (nSPS) is 17.6. The zero-order valence-electron chi connectivity index (χ0n) is 14.0. The van der Waals surface area contributed by atoms with Crippen LogP contribution in [0.2, 0.25) is 0 Å². The predicted molar refractivity (Wildman–Crippen MR) is 101 cm³/mol. The number of nitrogens with zero attached hydrogens (tertiary/aromatic N) is 5. The standard InChI is InChI=1S/C17H18N8S/c1-2-11(6-18-3-1)13-9-23-26-17(13)24-15-16-20-10-14(12-7-21-22-8-12)25(16)5-4-19-15/h4-5,7-11,18H,1-3,6H2,(H,19,24)(H,21,22). The number of piperidine rings is 1. The van der Waals surface area contributed by atoms with Gasteiger partial charge in [-0.1, -0.05) is 0 Å². The van der Waals surface area contributed by atoms with Gasteiger partial charge in [0.25, 0.3) is 0 Å². The number of hydrogen-bond acceptors (Lipinski definition) is 7. The highest BCUT2D eigenvalue weighted by molar-refractivity contribution is 7.10. The molecule has 1 atom stereocenters. The molecule has 9 heteroatoms. The molecule has 0 aliphatic carbocycles. The summed E-state index contributed by atoms with van der Waals surface area (Å²) in [5.74, 6) is 1.22. The van der Waals surface area contributed by atoms with Crippen LogP contribution in [0.25, 0.3) is 16.9 Å². The van der Waals surface area contributed by atoms with Gasteiger partial charge in [0, 0.05) is 48.4 Å². The molecule has 3 N–H and O–H groups in total. The van der Waals surface area contributed by atoms with Gasteiger partial charge in [0.15, 0.2) is 11.5 Å². The molecule has 132 valence electrons. The summed E-state index contributed by atoms with van der Waals surface area (Å²) in [4.78, 5) is 9.07. The number of aromatic amines is 1. The van der Waals surface area contributed by atoms with E-state index in [1.54, 1.807) is 12.4 Å². The van der Waals surface area contributed by atoms with Gasteiger partial charge in [0.05, 0.1) is 18.1 Å². The molecular weight excluding hydrogens is 348 g/mol. The van der Waals surface area contributed by atoms with E-state index in [-0.39, 0.29) is 0 Å². The summed E-state index contributed by atoms with van der Waals surface area (Å²) < 4.78 is 6.42. The van der Waals surface area contributed by atoms with Gasteiger partial charge in [-0.2, -0.15) is 9.47 Å². The molecule has 1 unspecified atom stereocenters. The maximum absolute atomic E-state index is 4.57. The van der Waals surface area contributed by atoms with Crippen molar-refractivity contribution in [2.45, 2.75) is 18.8 Å². The van der Waals surface area contributed by atoms with Crippen molar-refractivity contribution in [1.29, 1.82) is 0 Å². The van der Waals surface area contributed by atoms with Crippen LogP contribution < -0.4 is 10.6 Å². The number of rotatable bonds is 4. The molecule has 0 radical (unpaired) electrons. The van der Waals surface area contributed by atoms with Crippen LogP contribution >= 0.6 is 11.5 Å². The maximum Gasteiger partial charge on any atom is 0.180 e. The number of anilines is 2. The minimum atomic E-state index is 0.492. The Morgan fingerprint density at radius 3 is 3.08 bits per heavy atom. The highest BCUT2D eigenvalue weighted by Crippen LogP contribution is 2.34. The van der Waals surface area contributed by atoms with E-state index in [1.807, 2.05) is 29.2 Å². The third-order valence-corrected chi connectivity index (χ3v) is 5.52. The van der Waals surface area contributed by atoms with Crippen molar-refractivity contribution in [3.8, 4) is 11.3 Å². The molecule has 4 aromatic heterocycles. The second-order valence-electron chi connectivity index (χ2n) is 6.38. The molecule has 0 aromatic carbocycles. The lowest BCUT2D eigenvalue weighted by molar-refractivity contribution is 0.462. The van der Waals surface area contributed by atoms with E-state index in [9.17, 15) is 0 Å². The average Bonchev–Trinajstić information content (AvgIpc) is 3.43. The van der Waals surface area contributed by atoms with Gasteiger partial charge in [-0.05, 0) is 30.9 Å². The SMILES string of the molecule is c1cn2c(-c3cn[nH]c3)cnc2c(Nc2sncc2C2CCCNC2)n1. The molecule has 1 fully saturated rings. The third-order valence-electron chi connectivity index (χ3n) is 4.79. The highest BCUT2D eigenvalue weighted by atomic mass is 32.1. The molecule has 0 saturated carbocycles. The lowest BCUT2D eigenvalue weighted by Gasteiger charge is -2.22. The lowest BCUT2D eigenvalue weighted by Crippen LogP contribution is -2.28. The minimum absolute atomic E-state index is 0.492. The molecule has 0 bridgehead atoms. The van der Waals surface area contributed by atoms with Crippen LogP contribution in [0, 0.1) is 0 Å². The molecule has 26 heavy (non-hydrogen) atoms. The summed E-state index contributed by atoms with van der Waals surface area (Å²) in [6.07, 6.45) is 13.5. The molecule has 8 nitrogen and oxygen atoms in total. The molecule has 1 aliphatic rings. The van der Waals surface area contributed by atoms with Gasteiger partial charge in [0.2, 0.25) is 0 Å². The summed E-state index contributed by atoms with van der Waals surface area (Å²) in [5, 5.41) is 14.8. The average molecular weight is 366 g/mol. The van der Waals surface area contributed by atoms with Crippen LogP contribution in [0.4, 0.5) is 10.8 Å². The summed E-state index contributed by atoms with van der Waals surface area (Å²) in [5.41, 5.74) is 4.00. The third kappa shape index (κ3) is 2.65. The zero-order chi connectivity index (χ0) is 17.3. The fourth-order valence-corrected chi connectivity index (χ4v) is 4.21. The van der Waals surface area contributed by atoms with Gasteiger partial charge in [-0.15, -0.1) is 0 Å². The Morgan fingerprint density at radius 1 is 1.23 bits per heavy atom. The van der Waals surface area contributed by atoms with E-state index in [4.69, 9.17) is 0 Å². The summed E-state index contributed by atoms with van der Waals surface area (Å²) >= 11 is 1.47. The van der Waals surface area contributed by atoms with E-state index in [0.29, 0.717) is 5.92 Å².